The van der Waals surface area contributed by atoms with Crippen molar-refractivity contribution < 1.29 is 9.84 Å². The fraction of sp³-hybridized carbons (Fsp3) is 0.385. The van der Waals surface area contributed by atoms with Crippen LogP contribution in [0.15, 0.2) is 24.5 Å². The highest BCUT2D eigenvalue weighted by Gasteiger charge is 2.10. The summed E-state index contributed by atoms with van der Waals surface area (Å²) in [5.74, 6) is 1.42. The smallest absolute Gasteiger partial charge is 0.170 e. The highest BCUT2D eigenvalue weighted by Crippen LogP contribution is 2.26. The van der Waals surface area contributed by atoms with Crippen molar-refractivity contribution in [1.29, 1.82) is 0 Å². The lowest BCUT2D eigenvalue weighted by Gasteiger charge is -2.13. The van der Waals surface area contributed by atoms with Crippen LogP contribution in [0, 0.1) is 6.92 Å². The summed E-state index contributed by atoms with van der Waals surface area (Å²) < 4.78 is 7.50. The molecule has 0 aliphatic heterocycles. The number of rotatable bonds is 4. The van der Waals surface area contributed by atoms with E-state index in [-0.39, 0.29) is 0 Å². The Kier molecular flexibility index (Phi) is 3.62. The van der Waals surface area contributed by atoms with Crippen LogP contribution in [-0.4, -0.2) is 19.9 Å². The van der Waals surface area contributed by atoms with Gasteiger partial charge in [0.15, 0.2) is 5.82 Å². The minimum atomic E-state index is -0.556. The van der Waals surface area contributed by atoms with Crippen molar-refractivity contribution in [3.8, 4) is 5.75 Å². The number of benzene rings is 1. The van der Waals surface area contributed by atoms with Crippen molar-refractivity contribution >= 4 is 0 Å². The molecule has 0 radical (unpaired) electrons. The second kappa shape index (κ2) is 5.18. The van der Waals surface area contributed by atoms with Gasteiger partial charge in [0.25, 0.3) is 0 Å². The monoisotopic (exact) mass is 247 g/mol. The van der Waals surface area contributed by atoms with E-state index in [1.54, 1.807) is 17.8 Å². The SMILES string of the molecule is Cc1ccc(OCc2nncn2C)c(C(C)O)c1. The lowest BCUT2D eigenvalue weighted by Crippen LogP contribution is -2.05. The van der Waals surface area contributed by atoms with Crippen molar-refractivity contribution in [3.63, 3.8) is 0 Å². The zero-order valence-corrected chi connectivity index (χ0v) is 10.8. The second-order valence-electron chi connectivity index (χ2n) is 4.36. The van der Waals surface area contributed by atoms with Crippen LogP contribution in [0.2, 0.25) is 0 Å². The van der Waals surface area contributed by atoms with E-state index in [2.05, 4.69) is 10.2 Å². The first-order valence-electron chi connectivity index (χ1n) is 5.82. The van der Waals surface area contributed by atoms with Gasteiger partial charge in [-0.3, -0.25) is 0 Å². The number of aryl methyl sites for hydroxylation is 2. The van der Waals surface area contributed by atoms with Crippen molar-refractivity contribution in [3.05, 3.63) is 41.5 Å². The molecule has 1 aromatic heterocycles. The molecule has 1 heterocycles. The normalized spacial score (nSPS) is 12.4. The molecular weight excluding hydrogens is 230 g/mol. The summed E-state index contributed by atoms with van der Waals surface area (Å²) in [5.41, 5.74) is 1.88. The Morgan fingerprint density at radius 3 is 2.83 bits per heavy atom. The Morgan fingerprint density at radius 1 is 1.44 bits per heavy atom. The van der Waals surface area contributed by atoms with Crippen LogP contribution in [0.25, 0.3) is 0 Å². The largest absolute Gasteiger partial charge is 0.485 e. The van der Waals surface area contributed by atoms with Gasteiger partial charge in [-0.25, -0.2) is 0 Å². The Hall–Kier alpha value is -1.88. The third-order valence-corrected chi connectivity index (χ3v) is 2.78. The van der Waals surface area contributed by atoms with Gasteiger partial charge in [0, 0.05) is 12.6 Å². The first kappa shape index (κ1) is 12.6. The van der Waals surface area contributed by atoms with Gasteiger partial charge in [-0.15, -0.1) is 10.2 Å². The summed E-state index contributed by atoms with van der Waals surface area (Å²) in [6.07, 6.45) is 1.07. The average Bonchev–Trinajstić information content (AvgIpc) is 2.73. The molecule has 2 rings (SSSR count). The summed E-state index contributed by atoms with van der Waals surface area (Å²) >= 11 is 0. The zero-order valence-electron chi connectivity index (χ0n) is 10.8. The molecule has 1 unspecified atom stereocenters. The van der Waals surface area contributed by atoms with Gasteiger partial charge >= 0.3 is 0 Å². The standard InChI is InChI=1S/C13H17N3O2/c1-9-4-5-12(11(6-9)10(2)17)18-7-13-15-14-8-16(13)3/h4-6,8,10,17H,7H2,1-3H3. The summed E-state index contributed by atoms with van der Waals surface area (Å²) in [4.78, 5) is 0. The molecule has 96 valence electrons. The van der Waals surface area contributed by atoms with Crippen LogP contribution in [0.4, 0.5) is 0 Å². The van der Waals surface area contributed by atoms with Crippen LogP contribution in [-0.2, 0) is 13.7 Å². The molecule has 0 fully saturated rings. The summed E-state index contributed by atoms with van der Waals surface area (Å²) in [5, 5.41) is 17.5. The number of hydrogen-bond acceptors (Lipinski definition) is 4. The molecule has 0 spiro atoms. The van der Waals surface area contributed by atoms with Gasteiger partial charge < -0.3 is 14.4 Å². The van der Waals surface area contributed by atoms with E-state index >= 15 is 0 Å². The van der Waals surface area contributed by atoms with E-state index in [1.165, 1.54) is 0 Å². The molecule has 0 saturated heterocycles. The molecule has 0 amide bonds. The van der Waals surface area contributed by atoms with Crippen molar-refractivity contribution in [2.75, 3.05) is 0 Å². The van der Waals surface area contributed by atoms with Crippen LogP contribution >= 0.6 is 0 Å². The van der Waals surface area contributed by atoms with Crippen LogP contribution < -0.4 is 4.74 Å². The van der Waals surface area contributed by atoms with Crippen molar-refractivity contribution in [2.24, 2.45) is 7.05 Å². The first-order valence-corrected chi connectivity index (χ1v) is 5.82. The highest BCUT2D eigenvalue weighted by molar-refractivity contribution is 5.38. The van der Waals surface area contributed by atoms with E-state index in [4.69, 9.17) is 4.74 Å². The van der Waals surface area contributed by atoms with Crippen molar-refractivity contribution in [2.45, 2.75) is 26.6 Å². The van der Waals surface area contributed by atoms with Crippen LogP contribution in [0.3, 0.4) is 0 Å². The second-order valence-corrected chi connectivity index (χ2v) is 4.36. The summed E-state index contributed by atoms with van der Waals surface area (Å²) in [6, 6.07) is 5.75. The summed E-state index contributed by atoms with van der Waals surface area (Å²) in [6.45, 7) is 4.04. The molecule has 0 aliphatic rings. The Morgan fingerprint density at radius 2 is 2.22 bits per heavy atom. The third kappa shape index (κ3) is 2.68. The molecule has 5 nitrogen and oxygen atoms in total. The Labute approximate surface area is 106 Å². The maximum absolute atomic E-state index is 9.73. The molecule has 2 aromatic rings. The fourth-order valence-corrected chi connectivity index (χ4v) is 1.71. The Bertz CT molecular complexity index is 535. The van der Waals surface area contributed by atoms with E-state index < -0.39 is 6.10 Å². The van der Waals surface area contributed by atoms with Gasteiger partial charge in [0.05, 0.1) is 6.10 Å². The lowest BCUT2D eigenvalue weighted by atomic mass is 10.1. The molecule has 0 bridgehead atoms. The molecular formula is C13H17N3O2. The summed E-state index contributed by atoms with van der Waals surface area (Å²) in [7, 11) is 1.86. The van der Waals surface area contributed by atoms with E-state index in [0.29, 0.717) is 12.4 Å². The van der Waals surface area contributed by atoms with E-state index in [9.17, 15) is 5.11 Å². The van der Waals surface area contributed by atoms with Gasteiger partial charge in [-0.2, -0.15) is 0 Å². The van der Waals surface area contributed by atoms with E-state index in [1.807, 2.05) is 32.2 Å². The maximum Gasteiger partial charge on any atom is 0.170 e. The van der Waals surface area contributed by atoms with Gasteiger partial charge in [0.1, 0.15) is 18.7 Å². The number of nitrogens with zero attached hydrogens (tertiary/aromatic N) is 3. The lowest BCUT2D eigenvalue weighted by molar-refractivity contribution is 0.189. The zero-order chi connectivity index (χ0) is 13.1. The first-order chi connectivity index (χ1) is 8.58. The molecule has 1 N–H and O–H groups in total. The molecule has 0 aliphatic carbocycles. The number of aliphatic hydroxyl groups excluding tert-OH is 1. The minimum absolute atomic E-state index is 0.333. The highest BCUT2D eigenvalue weighted by atomic mass is 16.5. The number of ether oxygens (including phenoxy) is 1. The number of aromatic nitrogens is 3. The van der Waals surface area contributed by atoms with Gasteiger partial charge in [-0.05, 0) is 26.0 Å². The predicted molar refractivity (Wildman–Crippen MR) is 67.1 cm³/mol. The topological polar surface area (TPSA) is 60.2 Å². The van der Waals surface area contributed by atoms with Crippen LogP contribution in [0.5, 0.6) is 5.75 Å². The molecule has 5 heteroatoms. The van der Waals surface area contributed by atoms with Crippen molar-refractivity contribution in [1.82, 2.24) is 14.8 Å². The average molecular weight is 247 g/mol. The third-order valence-electron chi connectivity index (χ3n) is 2.78. The number of hydrogen-bond donors (Lipinski definition) is 1. The quantitative estimate of drug-likeness (QED) is 0.894. The van der Waals surface area contributed by atoms with Gasteiger partial charge in [-0.1, -0.05) is 11.6 Å². The molecule has 18 heavy (non-hydrogen) atoms. The predicted octanol–water partition coefficient (Wildman–Crippen LogP) is 1.76. The fourth-order valence-electron chi connectivity index (χ4n) is 1.71. The van der Waals surface area contributed by atoms with E-state index in [0.717, 1.165) is 17.0 Å². The number of aliphatic hydroxyl groups is 1. The maximum atomic E-state index is 9.73. The molecule has 1 aromatic carbocycles. The van der Waals surface area contributed by atoms with Gasteiger partial charge in [0.2, 0.25) is 0 Å². The molecule has 0 saturated carbocycles. The minimum Gasteiger partial charge on any atom is -0.485 e. The van der Waals surface area contributed by atoms with Crippen LogP contribution in [0.1, 0.15) is 30.0 Å². The molecule has 1 atom stereocenters. The Balaban J connectivity index is 2.16.